The minimum Gasteiger partial charge on any atom is -0.462 e. The molecule has 2 heterocycles. The van der Waals surface area contributed by atoms with Crippen molar-refractivity contribution in [2.75, 3.05) is 12.0 Å². The Morgan fingerprint density at radius 1 is 1.63 bits per heavy atom. The van der Waals surface area contributed by atoms with Crippen LogP contribution in [0.4, 0.5) is 5.13 Å². The molecule has 100 valence electrons. The normalized spacial score (nSPS) is 10.8. The summed E-state index contributed by atoms with van der Waals surface area (Å²) in [5, 5.41) is 6.63. The molecule has 5 nitrogen and oxygen atoms in total. The average Bonchev–Trinajstić information content (AvgIpc) is 2.99. The first kappa shape index (κ1) is 13.7. The summed E-state index contributed by atoms with van der Waals surface area (Å²) >= 11 is 2.84. The van der Waals surface area contributed by atoms with Gasteiger partial charge in [-0.1, -0.05) is 17.4 Å². The SMILES string of the molecule is CCOC(=O)c1sc(NN=Cc2cccs2)nc1C. The number of hydrazone groups is 1. The zero-order valence-electron chi connectivity index (χ0n) is 10.5. The first-order chi connectivity index (χ1) is 9.20. The van der Waals surface area contributed by atoms with Crippen molar-refractivity contribution < 1.29 is 9.53 Å². The summed E-state index contributed by atoms with van der Waals surface area (Å²) < 4.78 is 4.95. The molecule has 0 radical (unpaired) electrons. The molecule has 2 aromatic heterocycles. The van der Waals surface area contributed by atoms with Crippen molar-refractivity contribution in [2.24, 2.45) is 5.10 Å². The Hall–Kier alpha value is -1.73. The third-order valence-electron chi connectivity index (χ3n) is 2.15. The molecule has 0 spiro atoms. The number of rotatable bonds is 5. The van der Waals surface area contributed by atoms with Crippen LogP contribution >= 0.6 is 22.7 Å². The Kier molecular flexibility index (Phi) is 4.64. The van der Waals surface area contributed by atoms with Gasteiger partial charge in [-0.15, -0.1) is 11.3 Å². The topological polar surface area (TPSA) is 63.6 Å². The van der Waals surface area contributed by atoms with Gasteiger partial charge in [0.25, 0.3) is 0 Å². The van der Waals surface area contributed by atoms with Gasteiger partial charge in [-0.2, -0.15) is 5.10 Å². The minimum absolute atomic E-state index is 0.340. The highest BCUT2D eigenvalue weighted by Crippen LogP contribution is 2.23. The molecule has 0 aromatic carbocycles. The Balaban J connectivity index is 2.02. The van der Waals surface area contributed by atoms with Gasteiger partial charge in [0.05, 0.1) is 18.5 Å². The molecular formula is C12H13N3O2S2. The van der Waals surface area contributed by atoms with E-state index in [1.54, 1.807) is 31.4 Å². The van der Waals surface area contributed by atoms with Gasteiger partial charge in [-0.05, 0) is 25.3 Å². The lowest BCUT2D eigenvalue weighted by Gasteiger charge is -1.97. The summed E-state index contributed by atoms with van der Waals surface area (Å²) in [7, 11) is 0. The summed E-state index contributed by atoms with van der Waals surface area (Å²) in [6.07, 6.45) is 1.71. The highest BCUT2D eigenvalue weighted by atomic mass is 32.1. The van der Waals surface area contributed by atoms with Crippen LogP contribution < -0.4 is 5.43 Å². The van der Waals surface area contributed by atoms with E-state index in [1.807, 2.05) is 17.5 Å². The molecule has 0 aliphatic heterocycles. The van der Waals surface area contributed by atoms with Crippen molar-refractivity contribution in [1.82, 2.24) is 4.98 Å². The van der Waals surface area contributed by atoms with Crippen LogP contribution in [0, 0.1) is 6.92 Å². The number of hydrogen-bond donors (Lipinski definition) is 1. The Labute approximate surface area is 119 Å². The second-order valence-corrected chi connectivity index (χ2v) is 5.52. The number of esters is 1. The van der Waals surface area contributed by atoms with Crippen LogP contribution in [-0.2, 0) is 4.74 Å². The lowest BCUT2D eigenvalue weighted by atomic mass is 10.4. The molecule has 19 heavy (non-hydrogen) atoms. The largest absolute Gasteiger partial charge is 0.462 e. The van der Waals surface area contributed by atoms with Crippen molar-refractivity contribution in [1.29, 1.82) is 0 Å². The highest BCUT2D eigenvalue weighted by Gasteiger charge is 2.15. The fraction of sp³-hybridized carbons (Fsp3) is 0.250. The van der Waals surface area contributed by atoms with E-state index in [2.05, 4.69) is 15.5 Å². The predicted molar refractivity (Wildman–Crippen MR) is 78.3 cm³/mol. The van der Waals surface area contributed by atoms with Crippen LogP contribution in [0.5, 0.6) is 0 Å². The number of aryl methyl sites for hydroxylation is 1. The molecule has 0 unspecified atom stereocenters. The fourth-order valence-corrected chi connectivity index (χ4v) is 2.74. The quantitative estimate of drug-likeness (QED) is 0.523. The van der Waals surface area contributed by atoms with Crippen LogP contribution in [0.25, 0.3) is 0 Å². The van der Waals surface area contributed by atoms with Crippen LogP contribution in [0.3, 0.4) is 0 Å². The van der Waals surface area contributed by atoms with Gasteiger partial charge in [0, 0.05) is 4.88 Å². The van der Waals surface area contributed by atoms with Crippen molar-refractivity contribution >= 4 is 40.0 Å². The van der Waals surface area contributed by atoms with Crippen molar-refractivity contribution in [3.05, 3.63) is 33.0 Å². The standard InChI is InChI=1S/C12H13N3O2S2/c1-3-17-11(16)10-8(2)14-12(19-10)15-13-7-9-5-4-6-18-9/h4-7H,3H2,1-2H3,(H,14,15). The van der Waals surface area contributed by atoms with Crippen LogP contribution in [-0.4, -0.2) is 23.8 Å². The van der Waals surface area contributed by atoms with E-state index in [9.17, 15) is 4.79 Å². The van der Waals surface area contributed by atoms with Crippen LogP contribution in [0.15, 0.2) is 22.6 Å². The third-order valence-corrected chi connectivity index (χ3v) is 4.00. The summed E-state index contributed by atoms with van der Waals surface area (Å²) in [5.41, 5.74) is 3.47. The Morgan fingerprint density at radius 2 is 2.47 bits per heavy atom. The Morgan fingerprint density at radius 3 is 3.16 bits per heavy atom. The van der Waals surface area contributed by atoms with Gasteiger partial charge in [-0.3, -0.25) is 5.43 Å². The molecule has 2 rings (SSSR count). The fourth-order valence-electron chi connectivity index (χ4n) is 1.35. The number of thiophene rings is 1. The van der Waals surface area contributed by atoms with Crippen molar-refractivity contribution in [3.8, 4) is 0 Å². The molecule has 2 aromatic rings. The number of hydrogen-bond acceptors (Lipinski definition) is 7. The van der Waals surface area contributed by atoms with Crippen molar-refractivity contribution in [2.45, 2.75) is 13.8 Å². The molecule has 0 bridgehead atoms. The van der Waals surface area contributed by atoms with E-state index in [0.29, 0.717) is 22.3 Å². The molecule has 0 amide bonds. The number of aromatic nitrogens is 1. The maximum Gasteiger partial charge on any atom is 0.350 e. The molecule has 0 aliphatic carbocycles. The highest BCUT2D eigenvalue weighted by molar-refractivity contribution is 7.17. The zero-order chi connectivity index (χ0) is 13.7. The number of ether oxygens (including phenoxy) is 1. The molecule has 0 saturated heterocycles. The lowest BCUT2D eigenvalue weighted by Crippen LogP contribution is -2.03. The van der Waals surface area contributed by atoms with Gasteiger partial charge in [-0.25, -0.2) is 9.78 Å². The average molecular weight is 295 g/mol. The van der Waals surface area contributed by atoms with E-state index < -0.39 is 0 Å². The van der Waals surface area contributed by atoms with Crippen LogP contribution in [0.1, 0.15) is 27.2 Å². The third kappa shape index (κ3) is 3.62. The molecule has 0 fully saturated rings. The van der Waals surface area contributed by atoms with E-state index in [0.717, 1.165) is 4.88 Å². The van der Waals surface area contributed by atoms with Gasteiger partial charge >= 0.3 is 5.97 Å². The van der Waals surface area contributed by atoms with E-state index in [-0.39, 0.29) is 5.97 Å². The first-order valence-corrected chi connectivity index (χ1v) is 7.37. The maximum atomic E-state index is 11.6. The van der Waals surface area contributed by atoms with Gasteiger partial charge in [0.15, 0.2) is 0 Å². The molecule has 0 atom stereocenters. The molecule has 0 saturated carbocycles. The molecule has 1 N–H and O–H groups in total. The minimum atomic E-state index is -0.340. The number of carbonyl (C=O) groups is 1. The van der Waals surface area contributed by atoms with Crippen molar-refractivity contribution in [3.63, 3.8) is 0 Å². The summed E-state index contributed by atoms with van der Waals surface area (Å²) in [4.78, 5) is 17.4. The summed E-state index contributed by atoms with van der Waals surface area (Å²) in [6, 6.07) is 3.92. The first-order valence-electron chi connectivity index (χ1n) is 5.68. The number of nitrogens with one attached hydrogen (secondary N) is 1. The van der Waals surface area contributed by atoms with E-state index in [4.69, 9.17) is 4.74 Å². The Bertz CT molecular complexity index is 576. The summed E-state index contributed by atoms with van der Waals surface area (Å²) in [6.45, 7) is 3.91. The van der Waals surface area contributed by atoms with Gasteiger partial charge < -0.3 is 4.74 Å². The number of nitrogens with zero attached hydrogens (tertiary/aromatic N) is 2. The molecule has 7 heteroatoms. The maximum absolute atomic E-state index is 11.6. The van der Waals surface area contributed by atoms with Gasteiger partial charge in [0.1, 0.15) is 4.88 Å². The predicted octanol–water partition coefficient (Wildman–Crippen LogP) is 3.14. The molecular weight excluding hydrogens is 282 g/mol. The molecule has 0 aliphatic rings. The smallest absolute Gasteiger partial charge is 0.350 e. The second-order valence-electron chi connectivity index (χ2n) is 3.54. The number of anilines is 1. The van der Waals surface area contributed by atoms with E-state index in [1.165, 1.54) is 11.3 Å². The van der Waals surface area contributed by atoms with E-state index >= 15 is 0 Å². The van der Waals surface area contributed by atoms with Gasteiger partial charge in [0.2, 0.25) is 5.13 Å². The zero-order valence-corrected chi connectivity index (χ0v) is 12.2. The monoisotopic (exact) mass is 295 g/mol. The lowest BCUT2D eigenvalue weighted by molar-refractivity contribution is 0.0531. The second kappa shape index (κ2) is 6.44. The van der Waals surface area contributed by atoms with Crippen LogP contribution in [0.2, 0.25) is 0 Å². The number of carbonyl (C=O) groups excluding carboxylic acids is 1. The summed E-state index contributed by atoms with van der Waals surface area (Å²) in [5.74, 6) is -0.340. The number of thiazole rings is 1.